The van der Waals surface area contributed by atoms with Gasteiger partial charge in [0, 0.05) is 38.8 Å². The number of hydrogen-bond donors (Lipinski definition) is 0. The van der Waals surface area contributed by atoms with Gasteiger partial charge in [0.25, 0.3) is 0 Å². The second-order valence-corrected chi connectivity index (χ2v) is 14.0. The minimum absolute atomic E-state index is 0.887. The lowest BCUT2D eigenvalue weighted by Crippen LogP contribution is -2.16. The van der Waals surface area contributed by atoms with Crippen molar-refractivity contribution in [3.8, 4) is 16.9 Å². The quantitative estimate of drug-likeness (QED) is 0.177. The van der Waals surface area contributed by atoms with Crippen LogP contribution in [0.3, 0.4) is 0 Å². The van der Waals surface area contributed by atoms with Crippen LogP contribution >= 0.6 is 8.07 Å². The Morgan fingerprint density at radius 1 is 0.500 bits per heavy atom. The number of benzene rings is 6. The molecule has 5 nitrogen and oxygen atoms in total. The summed E-state index contributed by atoms with van der Waals surface area (Å²) in [5.74, 6) is 0.887. The molecule has 10 aromatic rings. The maximum Gasteiger partial charge on any atom is 0.220 e. The van der Waals surface area contributed by atoms with Gasteiger partial charge in [-0.25, -0.2) is 4.98 Å². The Kier molecular flexibility index (Phi) is 6.08. The first kappa shape index (κ1) is 27.1. The molecule has 0 saturated heterocycles. The van der Waals surface area contributed by atoms with Gasteiger partial charge in [-0.3, -0.25) is 14.0 Å². The summed E-state index contributed by atoms with van der Waals surface area (Å²) in [6.07, 6.45) is 1.84. The van der Waals surface area contributed by atoms with Gasteiger partial charge < -0.3 is 4.34 Å². The maximum atomic E-state index is 5.58. The van der Waals surface area contributed by atoms with Crippen molar-refractivity contribution in [2.24, 2.45) is 0 Å². The molecule has 0 aliphatic rings. The van der Waals surface area contributed by atoms with Gasteiger partial charge in [-0.2, -0.15) is 0 Å². The minimum Gasteiger partial charge on any atom is -0.308 e. The van der Waals surface area contributed by atoms with E-state index in [1.807, 2.05) is 18.3 Å². The number of aromatic nitrogens is 5. The second kappa shape index (κ2) is 10.8. The topological polar surface area (TPSA) is 40.0 Å². The average molecular weight is 634 g/mol. The van der Waals surface area contributed by atoms with Crippen LogP contribution in [-0.4, -0.2) is 23.3 Å². The Balaban J connectivity index is 1.33. The third kappa shape index (κ3) is 4.01. The summed E-state index contributed by atoms with van der Waals surface area (Å²) in [6, 6.07) is 58.4. The van der Waals surface area contributed by atoms with E-state index in [9.17, 15) is 0 Å². The summed E-state index contributed by atoms with van der Waals surface area (Å²) >= 11 is 0. The Bertz CT molecular complexity index is 2740. The lowest BCUT2D eigenvalue weighted by atomic mass is 10.1. The Morgan fingerprint density at radius 3 is 1.94 bits per heavy atom. The van der Waals surface area contributed by atoms with E-state index in [1.165, 1.54) is 26.9 Å². The van der Waals surface area contributed by atoms with Crippen molar-refractivity contribution in [3.05, 3.63) is 170 Å². The molecule has 10 rings (SSSR count). The number of fused-ring (bicyclic) bond motifs is 9. The molecule has 0 bridgehead atoms. The van der Waals surface area contributed by atoms with Gasteiger partial charge in [0.1, 0.15) is 5.52 Å². The fourth-order valence-electron chi connectivity index (χ4n) is 7.21. The lowest BCUT2D eigenvalue weighted by molar-refractivity contribution is 1.11. The third-order valence-corrected chi connectivity index (χ3v) is 11.6. The summed E-state index contributed by atoms with van der Waals surface area (Å²) in [4.78, 5) is 10.2. The molecular formula is C42H28N5P. The highest BCUT2D eigenvalue weighted by Gasteiger charge is 2.26. The van der Waals surface area contributed by atoms with Crippen molar-refractivity contribution in [3.63, 3.8) is 0 Å². The Morgan fingerprint density at radius 2 is 1.19 bits per heavy atom. The molecule has 4 aromatic heterocycles. The van der Waals surface area contributed by atoms with Crippen LogP contribution in [0.4, 0.5) is 0 Å². The summed E-state index contributed by atoms with van der Waals surface area (Å²) < 4.78 is 7.19. The highest BCUT2D eigenvalue weighted by Crippen LogP contribution is 2.47. The van der Waals surface area contributed by atoms with E-state index in [0.29, 0.717) is 0 Å². The fraction of sp³-hybridized carbons (Fsp3) is 0. The van der Waals surface area contributed by atoms with E-state index in [-0.39, 0.29) is 0 Å². The second-order valence-electron chi connectivity index (χ2n) is 12.0. The zero-order valence-corrected chi connectivity index (χ0v) is 26.7. The van der Waals surface area contributed by atoms with Crippen molar-refractivity contribution in [1.29, 1.82) is 0 Å². The van der Waals surface area contributed by atoms with Crippen LogP contribution in [0.1, 0.15) is 0 Å². The summed E-state index contributed by atoms with van der Waals surface area (Å²) in [6.45, 7) is 0. The molecule has 0 amide bonds. The summed E-state index contributed by atoms with van der Waals surface area (Å²) in [5, 5.41) is 5.04. The van der Waals surface area contributed by atoms with Crippen molar-refractivity contribution in [2.75, 3.05) is 0 Å². The third-order valence-electron chi connectivity index (χ3n) is 9.25. The van der Waals surface area contributed by atoms with Crippen LogP contribution in [0.15, 0.2) is 170 Å². The van der Waals surface area contributed by atoms with E-state index in [4.69, 9.17) is 4.98 Å². The molecule has 0 radical (unpaired) electrons. The first-order chi connectivity index (χ1) is 23.8. The molecule has 0 fully saturated rings. The SMILES string of the molecule is c1ccc(P(c2ccccc2)n2c3ccccc3c3ccc4c(nc5n(-c6cccc(-c7ccccn7)c6)c6ccccc6n45)c32)cc1. The number of para-hydroxylation sites is 3. The van der Waals surface area contributed by atoms with Gasteiger partial charge in [-0.15, -0.1) is 0 Å². The van der Waals surface area contributed by atoms with Crippen LogP contribution in [-0.2, 0) is 0 Å². The zero-order chi connectivity index (χ0) is 31.6. The summed E-state index contributed by atoms with van der Waals surface area (Å²) in [7, 11) is -0.959. The monoisotopic (exact) mass is 633 g/mol. The molecule has 0 aliphatic carbocycles. The molecule has 0 atom stereocenters. The molecule has 226 valence electrons. The van der Waals surface area contributed by atoms with Crippen LogP contribution in [0.25, 0.3) is 66.6 Å². The average Bonchev–Trinajstić information content (AvgIpc) is 3.80. The first-order valence-electron chi connectivity index (χ1n) is 16.1. The molecule has 0 spiro atoms. The highest BCUT2D eigenvalue weighted by atomic mass is 31.1. The smallest absolute Gasteiger partial charge is 0.220 e. The Hall–Kier alpha value is -6.03. The predicted molar refractivity (Wildman–Crippen MR) is 200 cm³/mol. The number of imidazole rings is 2. The zero-order valence-electron chi connectivity index (χ0n) is 25.8. The largest absolute Gasteiger partial charge is 0.308 e. The van der Waals surface area contributed by atoms with E-state index in [0.717, 1.165) is 50.3 Å². The molecule has 4 heterocycles. The van der Waals surface area contributed by atoms with E-state index < -0.39 is 8.07 Å². The fourth-order valence-corrected chi connectivity index (χ4v) is 9.67. The number of nitrogens with zero attached hydrogens (tertiary/aromatic N) is 5. The molecular weight excluding hydrogens is 605 g/mol. The maximum absolute atomic E-state index is 5.58. The van der Waals surface area contributed by atoms with Crippen LogP contribution in [0.2, 0.25) is 0 Å². The summed E-state index contributed by atoms with van der Waals surface area (Å²) in [5.41, 5.74) is 9.76. The Labute approximate surface area is 277 Å². The molecule has 48 heavy (non-hydrogen) atoms. The van der Waals surface area contributed by atoms with Gasteiger partial charge in [0.2, 0.25) is 5.78 Å². The van der Waals surface area contributed by atoms with Crippen molar-refractivity contribution in [2.45, 2.75) is 0 Å². The molecule has 0 aliphatic heterocycles. The van der Waals surface area contributed by atoms with Crippen LogP contribution in [0.5, 0.6) is 0 Å². The van der Waals surface area contributed by atoms with E-state index >= 15 is 0 Å². The molecule has 0 N–H and O–H groups in total. The van der Waals surface area contributed by atoms with E-state index in [2.05, 4.69) is 170 Å². The molecule has 0 unspecified atom stereocenters. The van der Waals surface area contributed by atoms with Gasteiger partial charge in [0.05, 0.1) is 41.3 Å². The molecule has 6 aromatic carbocycles. The number of rotatable bonds is 5. The van der Waals surface area contributed by atoms with Gasteiger partial charge in [-0.1, -0.05) is 109 Å². The highest BCUT2D eigenvalue weighted by molar-refractivity contribution is 7.72. The standard InChI is InChI=1S/C42H28N5P/c1-3-16-31(17-4-1)48(32-18-5-2-6-19-32)47-36-22-8-7-20-33(36)34-25-26-39-40(41(34)47)44-42-45(37-23-9-10-24-38(37)46(39)42)30-15-13-14-29(28-30)35-21-11-12-27-43-35/h1-28H. The van der Waals surface area contributed by atoms with E-state index in [1.54, 1.807) is 0 Å². The molecule has 0 saturated carbocycles. The van der Waals surface area contributed by atoms with Gasteiger partial charge in [-0.05, 0) is 54.6 Å². The van der Waals surface area contributed by atoms with Gasteiger partial charge in [0.15, 0.2) is 0 Å². The normalized spacial score (nSPS) is 11.9. The van der Waals surface area contributed by atoms with Crippen molar-refractivity contribution >= 4 is 68.3 Å². The first-order valence-corrected chi connectivity index (χ1v) is 17.4. The van der Waals surface area contributed by atoms with Crippen LogP contribution in [0, 0.1) is 0 Å². The van der Waals surface area contributed by atoms with Crippen molar-refractivity contribution < 1.29 is 0 Å². The van der Waals surface area contributed by atoms with Gasteiger partial charge >= 0.3 is 0 Å². The predicted octanol–water partition coefficient (Wildman–Crippen LogP) is 9.50. The number of hydrogen-bond acceptors (Lipinski definition) is 2. The lowest BCUT2D eigenvalue weighted by Gasteiger charge is -2.22. The minimum atomic E-state index is -0.959. The number of pyridine rings is 1. The molecule has 6 heteroatoms. The van der Waals surface area contributed by atoms with Crippen LogP contribution < -0.4 is 10.6 Å². The van der Waals surface area contributed by atoms with Crippen molar-refractivity contribution in [1.82, 2.24) is 23.3 Å².